The Balaban J connectivity index is 3.46. The van der Waals surface area contributed by atoms with Crippen LogP contribution < -0.4 is 5.32 Å². The van der Waals surface area contributed by atoms with E-state index in [0.29, 0.717) is 19.3 Å². The van der Waals surface area contributed by atoms with Crippen molar-refractivity contribution in [2.24, 2.45) is 0 Å². The van der Waals surface area contributed by atoms with E-state index < -0.39 is 0 Å². The third kappa shape index (κ3) is 6.95. The Hall–Kier alpha value is -0.160. The van der Waals surface area contributed by atoms with Crippen molar-refractivity contribution in [2.45, 2.75) is 19.1 Å². The van der Waals surface area contributed by atoms with Gasteiger partial charge in [-0.1, -0.05) is 0 Å². The molecule has 0 spiro atoms. The minimum absolute atomic E-state index is 0.115. The van der Waals surface area contributed by atoms with Gasteiger partial charge in [0.1, 0.15) is 0 Å². The normalized spacial score (nSPS) is 15.7. The zero-order valence-electron chi connectivity index (χ0n) is 9.00. The molecule has 0 amide bonds. The van der Waals surface area contributed by atoms with Gasteiger partial charge < -0.3 is 19.5 Å². The third-order valence-corrected chi connectivity index (χ3v) is 1.80. The average Bonchev–Trinajstić information content (AvgIpc) is 2.12. The highest BCUT2D eigenvalue weighted by atomic mass is 16.5. The van der Waals surface area contributed by atoms with Crippen LogP contribution in [0.15, 0.2) is 0 Å². The van der Waals surface area contributed by atoms with Crippen LogP contribution in [0.25, 0.3) is 0 Å². The maximum absolute atomic E-state index is 5.19. The Morgan fingerprint density at radius 3 is 2.15 bits per heavy atom. The SMILES string of the molecule is COCC(C)NCC(COC)OC. The molecule has 1 N–H and O–H groups in total. The highest BCUT2D eigenvalue weighted by molar-refractivity contribution is 4.65. The van der Waals surface area contributed by atoms with Crippen molar-refractivity contribution < 1.29 is 14.2 Å². The molecule has 80 valence electrons. The molecular weight excluding hydrogens is 170 g/mol. The van der Waals surface area contributed by atoms with Gasteiger partial charge in [0.25, 0.3) is 0 Å². The molecule has 2 atom stereocenters. The Morgan fingerprint density at radius 2 is 1.69 bits per heavy atom. The highest BCUT2D eigenvalue weighted by Crippen LogP contribution is 1.90. The molecule has 0 rings (SSSR count). The van der Waals surface area contributed by atoms with E-state index in [4.69, 9.17) is 14.2 Å². The van der Waals surface area contributed by atoms with E-state index in [0.717, 1.165) is 6.54 Å². The molecule has 0 bridgehead atoms. The molecule has 0 aliphatic heterocycles. The van der Waals surface area contributed by atoms with Crippen LogP contribution >= 0.6 is 0 Å². The van der Waals surface area contributed by atoms with E-state index in [1.165, 1.54) is 0 Å². The van der Waals surface area contributed by atoms with Crippen LogP contribution in [0.5, 0.6) is 0 Å². The van der Waals surface area contributed by atoms with Gasteiger partial charge in [-0.25, -0.2) is 0 Å². The van der Waals surface area contributed by atoms with Crippen molar-refractivity contribution in [2.75, 3.05) is 41.1 Å². The zero-order chi connectivity index (χ0) is 10.1. The topological polar surface area (TPSA) is 39.7 Å². The zero-order valence-corrected chi connectivity index (χ0v) is 9.00. The third-order valence-electron chi connectivity index (χ3n) is 1.80. The average molecular weight is 191 g/mol. The first kappa shape index (κ1) is 12.8. The van der Waals surface area contributed by atoms with E-state index in [9.17, 15) is 0 Å². The summed E-state index contributed by atoms with van der Waals surface area (Å²) < 4.78 is 15.2. The van der Waals surface area contributed by atoms with Crippen LogP contribution in [0.3, 0.4) is 0 Å². The number of methoxy groups -OCH3 is 3. The van der Waals surface area contributed by atoms with E-state index in [2.05, 4.69) is 12.2 Å². The van der Waals surface area contributed by atoms with Crippen LogP contribution in [0.1, 0.15) is 6.92 Å². The smallest absolute Gasteiger partial charge is 0.0928 e. The summed E-state index contributed by atoms with van der Waals surface area (Å²) in [7, 11) is 5.05. The van der Waals surface area contributed by atoms with E-state index in [1.807, 2.05) is 0 Å². The van der Waals surface area contributed by atoms with Crippen molar-refractivity contribution in [1.29, 1.82) is 0 Å². The fourth-order valence-electron chi connectivity index (χ4n) is 1.04. The molecule has 0 aromatic heterocycles. The molecule has 2 unspecified atom stereocenters. The Morgan fingerprint density at radius 1 is 1.08 bits per heavy atom. The van der Waals surface area contributed by atoms with Gasteiger partial charge in [-0.15, -0.1) is 0 Å². The molecule has 0 aromatic rings. The van der Waals surface area contributed by atoms with Crippen LogP contribution in [0, 0.1) is 0 Å². The van der Waals surface area contributed by atoms with Gasteiger partial charge in [-0.3, -0.25) is 0 Å². The summed E-state index contributed by atoms with van der Waals surface area (Å²) in [6, 6.07) is 0.347. The Labute approximate surface area is 80.5 Å². The first-order chi connectivity index (χ1) is 6.24. The van der Waals surface area contributed by atoms with Gasteiger partial charge in [0.15, 0.2) is 0 Å². The summed E-state index contributed by atoms with van der Waals surface area (Å²) in [6.45, 7) is 4.19. The second kappa shape index (κ2) is 8.44. The quantitative estimate of drug-likeness (QED) is 0.598. The van der Waals surface area contributed by atoms with Gasteiger partial charge in [0, 0.05) is 33.9 Å². The maximum Gasteiger partial charge on any atom is 0.0928 e. The van der Waals surface area contributed by atoms with Gasteiger partial charge in [-0.2, -0.15) is 0 Å². The van der Waals surface area contributed by atoms with E-state index >= 15 is 0 Å². The second-order valence-corrected chi connectivity index (χ2v) is 3.08. The predicted octanol–water partition coefficient (Wildman–Crippen LogP) is 0.272. The molecule has 13 heavy (non-hydrogen) atoms. The van der Waals surface area contributed by atoms with Crippen LogP contribution in [0.2, 0.25) is 0 Å². The van der Waals surface area contributed by atoms with Crippen molar-refractivity contribution in [1.82, 2.24) is 5.32 Å². The summed E-state index contributed by atoms with van der Waals surface area (Å²) in [5.74, 6) is 0. The Kier molecular flexibility index (Phi) is 8.33. The summed E-state index contributed by atoms with van der Waals surface area (Å²) in [5.41, 5.74) is 0. The maximum atomic E-state index is 5.19. The first-order valence-electron chi connectivity index (χ1n) is 4.48. The Bertz CT molecular complexity index is 111. The molecule has 0 heterocycles. The van der Waals surface area contributed by atoms with Crippen LogP contribution in [-0.4, -0.2) is 53.2 Å². The van der Waals surface area contributed by atoms with Crippen LogP contribution in [-0.2, 0) is 14.2 Å². The molecule has 0 aliphatic rings. The molecule has 0 saturated heterocycles. The van der Waals surface area contributed by atoms with Gasteiger partial charge >= 0.3 is 0 Å². The number of hydrogen-bond acceptors (Lipinski definition) is 4. The van der Waals surface area contributed by atoms with Crippen molar-refractivity contribution in [3.8, 4) is 0 Å². The summed E-state index contributed by atoms with van der Waals surface area (Å²) in [6.07, 6.45) is 0.115. The minimum atomic E-state index is 0.115. The number of nitrogens with one attached hydrogen (secondary N) is 1. The predicted molar refractivity (Wildman–Crippen MR) is 52.0 cm³/mol. The molecule has 0 fully saturated rings. The number of hydrogen-bond donors (Lipinski definition) is 1. The minimum Gasteiger partial charge on any atom is -0.383 e. The lowest BCUT2D eigenvalue weighted by molar-refractivity contribution is 0.0258. The second-order valence-electron chi connectivity index (χ2n) is 3.08. The van der Waals surface area contributed by atoms with E-state index in [-0.39, 0.29) is 6.10 Å². The molecule has 0 aromatic carbocycles. The monoisotopic (exact) mass is 191 g/mol. The van der Waals surface area contributed by atoms with Crippen molar-refractivity contribution >= 4 is 0 Å². The van der Waals surface area contributed by atoms with Gasteiger partial charge in [0.2, 0.25) is 0 Å². The molecule has 4 heteroatoms. The lowest BCUT2D eigenvalue weighted by Crippen LogP contribution is -2.38. The largest absolute Gasteiger partial charge is 0.383 e. The number of rotatable bonds is 8. The fraction of sp³-hybridized carbons (Fsp3) is 1.00. The van der Waals surface area contributed by atoms with Crippen LogP contribution in [0.4, 0.5) is 0 Å². The molecule has 0 saturated carbocycles. The highest BCUT2D eigenvalue weighted by Gasteiger charge is 2.08. The molecule has 0 aliphatic carbocycles. The van der Waals surface area contributed by atoms with Gasteiger partial charge in [-0.05, 0) is 6.92 Å². The standard InChI is InChI=1S/C9H21NO3/c1-8(6-11-2)10-5-9(13-4)7-12-3/h8-10H,5-7H2,1-4H3. The lowest BCUT2D eigenvalue weighted by atomic mass is 10.3. The molecule has 0 radical (unpaired) electrons. The lowest BCUT2D eigenvalue weighted by Gasteiger charge is -2.18. The molecule has 4 nitrogen and oxygen atoms in total. The summed E-state index contributed by atoms with van der Waals surface area (Å²) in [4.78, 5) is 0. The molecular formula is C9H21NO3. The fourth-order valence-corrected chi connectivity index (χ4v) is 1.04. The summed E-state index contributed by atoms with van der Waals surface area (Å²) in [5, 5.41) is 3.29. The van der Waals surface area contributed by atoms with Gasteiger partial charge in [0.05, 0.1) is 19.3 Å². The summed E-state index contributed by atoms with van der Waals surface area (Å²) >= 11 is 0. The first-order valence-corrected chi connectivity index (χ1v) is 4.48. The van der Waals surface area contributed by atoms with Crippen molar-refractivity contribution in [3.05, 3.63) is 0 Å². The number of ether oxygens (including phenoxy) is 3. The van der Waals surface area contributed by atoms with Crippen molar-refractivity contribution in [3.63, 3.8) is 0 Å². The van der Waals surface area contributed by atoms with E-state index in [1.54, 1.807) is 21.3 Å².